The molecule has 0 bridgehead atoms. The second-order valence-corrected chi connectivity index (χ2v) is 6.47. The molecular formula is C20H21F2N3O3. The van der Waals surface area contributed by atoms with E-state index >= 15 is 0 Å². The molecule has 1 N–H and O–H groups in total. The van der Waals surface area contributed by atoms with Gasteiger partial charge in [0.1, 0.15) is 5.82 Å². The molecule has 3 rings (SSSR count). The standard InChI is InChI=1S/C20H21F2N3O3/c1-28-18-7-2-14(12-17(18)22)20(27)25-10-8-24(9-11-25)13-19(26)23-16-5-3-15(21)4-6-16/h2-7,12H,8-11,13H2,1H3,(H,23,26). The van der Waals surface area contributed by atoms with Gasteiger partial charge in [-0.05, 0) is 42.5 Å². The van der Waals surface area contributed by atoms with E-state index in [0.717, 1.165) is 0 Å². The normalized spacial score (nSPS) is 14.6. The van der Waals surface area contributed by atoms with Crippen LogP contribution in [0.4, 0.5) is 14.5 Å². The number of halogens is 2. The van der Waals surface area contributed by atoms with Gasteiger partial charge in [-0.3, -0.25) is 14.5 Å². The van der Waals surface area contributed by atoms with Gasteiger partial charge in [-0.1, -0.05) is 0 Å². The highest BCUT2D eigenvalue weighted by Gasteiger charge is 2.24. The molecule has 0 radical (unpaired) electrons. The number of hydrogen-bond donors (Lipinski definition) is 1. The molecule has 1 fully saturated rings. The van der Waals surface area contributed by atoms with Crippen LogP contribution in [0.1, 0.15) is 10.4 Å². The number of piperazine rings is 1. The average Bonchev–Trinajstić information content (AvgIpc) is 2.69. The number of nitrogens with one attached hydrogen (secondary N) is 1. The number of hydrogen-bond acceptors (Lipinski definition) is 4. The third-order valence-corrected chi connectivity index (χ3v) is 4.55. The van der Waals surface area contributed by atoms with E-state index in [2.05, 4.69) is 5.32 Å². The van der Waals surface area contributed by atoms with Crippen LogP contribution in [0.2, 0.25) is 0 Å². The highest BCUT2D eigenvalue weighted by atomic mass is 19.1. The number of methoxy groups -OCH3 is 1. The summed E-state index contributed by atoms with van der Waals surface area (Å²) in [6.45, 7) is 2.12. The van der Waals surface area contributed by atoms with Gasteiger partial charge in [0, 0.05) is 37.4 Å². The van der Waals surface area contributed by atoms with E-state index in [1.165, 1.54) is 49.6 Å². The van der Waals surface area contributed by atoms with Crippen molar-refractivity contribution in [2.75, 3.05) is 45.2 Å². The lowest BCUT2D eigenvalue weighted by molar-refractivity contribution is -0.117. The van der Waals surface area contributed by atoms with E-state index < -0.39 is 5.82 Å². The molecular weight excluding hydrogens is 368 g/mol. The summed E-state index contributed by atoms with van der Waals surface area (Å²) in [5.74, 6) is -1.31. The quantitative estimate of drug-likeness (QED) is 0.853. The van der Waals surface area contributed by atoms with E-state index in [-0.39, 0.29) is 35.5 Å². The van der Waals surface area contributed by atoms with Gasteiger partial charge in [0.2, 0.25) is 5.91 Å². The van der Waals surface area contributed by atoms with Crippen LogP contribution in [0.15, 0.2) is 42.5 Å². The van der Waals surface area contributed by atoms with Gasteiger partial charge in [-0.15, -0.1) is 0 Å². The van der Waals surface area contributed by atoms with Gasteiger partial charge in [0.25, 0.3) is 5.91 Å². The lowest BCUT2D eigenvalue weighted by atomic mass is 10.1. The first-order valence-corrected chi connectivity index (χ1v) is 8.87. The third-order valence-electron chi connectivity index (χ3n) is 4.55. The molecule has 8 heteroatoms. The topological polar surface area (TPSA) is 61.9 Å². The number of rotatable bonds is 5. The first kappa shape index (κ1) is 19.8. The van der Waals surface area contributed by atoms with Crippen molar-refractivity contribution in [3.8, 4) is 5.75 Å². The molecule has 28 heavy (non-hydrogen) atoms. The van der Waals surface area contributed by atoms with Gasteiger partial charge < -0.3 is 15.0 Å². The summed E-state index contributed by atoms with van der Waals surface area (Å²) in [4.78, 5) is 28.2. The van der Waals surface area contributed by atoms with Gasteiger partial charge in [-0.2, -0.15) is 0 Å². The maximum Gasteiger partial charge on any atom is 0.254 e. The first-order valence-electron chi connectivity index (χ1n) is 8.87. The first-order chi connectivity index (χ1) is 13.5. The smallest absolute Gasteiger partial charge is 0.254 e. The lowest BCUT2D eigenvalue weighted by Gasteiger charge is -2.34. The second-order valence-electron chi connectivity index (χ2n) is 6.47. The van der Waals surface area contributed by atoms with Crippen molar-refractivity contribution in [3.05, 3.63) is 59.7 Å². The number of nitrogens with zero attached hydrogens (tertiary/aromatic N) is 2. The molecule has 1 aliphatic heterocycles. The molecule has 6 nitrogen and oxygen atoms in total. The fourth-order valence-electron chi connectivity index (χ4n) is 3.03. The predicted octanol–water partition coefficient (Wildman–Crippen LogP) is 2.37. The summed E-state index contributed by atoms with van der Waals surface area (Å²) >= 11 is 0. The maximum atomic E-state index is 13.8. The zero-order valence-electron chi connectivity index (χ0n) is 15.5. The summed E-state index contributed by atoms with van der Waals surface area (Å²) < 4.78 is 31.6. The van der Waals surface area contributed by atoms with Gasteiger partial charge in [-0.25, -0.2) is 8.78 Å². The van der Waals surface area contributed by atoms with Crippen molar-refractivity contribution in [2.45, 2.75) is 0 Å². The van der Waals surface area contributed by atoms with Crippen molar-refractivity contribution in [3.63, 3.8) is 0 Å². The molecule has 0 aliphatic carbocycles. The number of carbonyl (C=O) groups excluding carboxylic acids is 2. The predicted molar refractivity (Wildman–Crippen MR) is 100 cm³/mol. The maximum absolute atomic E-state index is 13.8. The fourth-order valence-corrected chi connectivity index (χ4v) is 3.03. The Bertz CT molecular complexity index is 850. The Morgan fingerprint density at radius 3 is 2.32 bits per heavy atom. The SMILES string of the molecule is COc1ccc(C(=O)N2CCN(CC(=O)Nc3ccc(F)cc3)CC2)cc1F. The highest BCUT2D eigenvalue weighted by Crippen LogP contribution is 2.19. The van der Waals surface area contributed by atoms with Crippen molar-refractivity contribution >= 4 is 17.5 Å². The number of benzene rings is 2. The molecule has 2 aromatic rings. The molecule has 148 valence electrons. The Labute approximate surface area is 161 Å². The van der Waals surface area contributed by atoms with Crippen LogP contribution in [0.5, 0.6) is 5.75 Å². The minimum atomic E-state index is -0.579. The summed E-state index contributed by atoms with van der Waals surface area (Å²) in [7, 11) is 1.37. The van der Waals surface area contributed by atoms with Crippen molar-refractivity contribution in [2.24, 2.45) is 0 Å². The van der Waals surface area contributed by atoms with E-state index in [1.54, 1.807) is 4.90 Å². The Morgan fingerprint density at radius 1 is 1.04 bits per heavy atom. The van der Waals surface area contributed by atoms with Crippen LogP contribution in [0.25, 0.3) is 0 Å². The molecule has 1 saturated heterocycles. The van der Waals surface area contributed by atoms with Crippen LogP contribution in [0.3, 0.4) is 0 Å². The van der Waals surface area contributed by atoms with Crippen LogP contribution in [-0.2, 0) is 4.79 Å². The molecule has 2 amide bonds. The summed E-state index contributed by atoms with van der Waals surface area (Å²) in [6.07, 6.45) is 0. The Kier molecular flexibility index (Phi) is 6.20. The van der Waals surface area contributed by atoms with Crippen molar-refractivity contribution < 1.29 is 23.1 Å². The second kappa shape index (κ2) is 8.79. The largest absolute Gasteiger partial charge is 0.494 e. The molecule has 0 spiro atoms. The Hall–Kier alpha value is -3.00. The molecule has 2 aromatic carbocycles. The Balaban J connectivity index is 1.49. The molecule has 0 saturated carbocycles. The fraction of sp³-hybridized carbons (Fsp3) is 0.300. The van der Waals surface area contributed by atoms with Gasteiger partial charge in [0.05, 0.1) is 13.7 Å². The number of amides is 2. The molecule has 1 aliphatic rings. The summed E-state index contributed by atoms with van der Waals surface area (Å²) in [6, 6.07) is 9.69. The van der Waals surface area contributed by atoms with E-state index in [1.807, 2.05) is 4.90 Å². The van der Waals surface area contributed by atoms with Crippen LogP contribution >= 0.6 is 0 Å². The molecule has 0 atom stereocenters. The summed E-state index contributed by atoms with van der Waals surface area (Å²) in [5.41, 5.74) is 0.794. The van der Waals surface area contributed by atoms with E-state index in [0.29, 0.717) is 31.9 Å². The summed E-state index contributed by atoms with van der Waals surface area (Å²) in [5, 5.41) is 2.71. The average molecular weight is 389 g/mol. The van der Waals surface area contributed by atoms with Crippen LogP contribution in [0, 0.1) is 11.6 Å². The molecule has 0 unspecified atom stereocenters. The highest BCUT2D eigenvalue weighted by molar-refractivity contribution is 5.94. The third kappa shape index (κ3) is 4.83. The lowest BCUT2D eigenvalue weighted by Crippen LogP contribution is -2.50. The van der Waals surface area contributed by atoms with Gasteiger partial charge in [0.15, 0.2) is 11.6 Å². The molecule has 1 heterocycles. The minimum Gasteiger partial charge on any atom is -0.494 e. The zero-order chi connectivity index (χ0) is 20.1. The monoisotopic (exact) mass is 389 g/mol. The number of anilines is 1. The van der Waals surface area contributed by atoms with E-state index in [4.69, 9.17) is 4.74 Å². The van der Waals surface area contributed by atoms with E-state index in [9.17, 15) is 18.4 Å². The zero-order valence-corrected chi connectivity index (χ0v) is 15.5. The van der Waals surface area contributed by atoms with Crippen LogP contribution < -0.4 is 10.1 Å². The van der Waals surface area contributed by atoms with Crippen molar-refractivity contribution in [1.82, 2.24) is 9.80 Å². The number of ether oxygens (including phenoxy) is 1. The number of carbonyl (C=O) groups is 2. The van der Waals surface area contributed by atoms with Gasteiger partial charge >= 0.3 is 0 Å². The van der Waals surface area contributed by atoms with Crippen molar-refractivity contribution in [1.29, 1.82) is 0 Å². The minimum absolute atomic E-state index is 0.0912. The molecule has 0 aromatic heterocycles. The van der Waals surface area contributed by atoms with Crippen LogP contribution in [-0.4, -0.2) is 61.4 Å². The Morgan fingerprint density at radius 2 is 1.71 bits per heavy atom.